The number of fused-ring (bicyclic) bond motifs is 1. The Morgan fingerprint density at radius 1 is 1.30 bits per heavy atom. The highest BCUT2D eigenvalue weighted by Gasteiger charge is 2.43. The number of ether oxygens (including phenoxy) is 1. The van der Waals surface area contributed by atoms with Crippen LogP contribution in [0.1, 0.15) is 24.8 Å². The summed E-state index contributed by atoms with van der Waals surface area (Å²) in [6.45, 7) is 0. The third-order valence-corrected chi connectivity index (χ3v) is 4.75. The lowest BCUT2D eigenvalue weighted by atomic mass is 9.72. The van der Waals surface area contributed by atoms with Crippen molar-refractivity contribution < 1.29 is 4.74 Å². The molecular weight excluding hydrogens is 248 g/mol. The van der Waals surface area contributed by atoms with Crippen LogP contribution in [-0.4, -0.2) is 30.8 Å². The van der Waals surface area contributed by atoms with Crippen molar-refractivity contribution in [1.29, 1.82) is 0 Å². The number of nitrogens with zero attached hydrogens (tertiary/aromatic N) is 1. The van der Waals surface area contributed by atoms with E-state index in [-0.39, 0.29) is 5.60 Å². The minimum absolute atomic E-state index is 0.0130. The Morgan fingerprint density at radius 3 is 2.75 bits per heavy atom. The summed E-state index contributed by atoms with van der Waals surface area (Å²) in [6, 6.07) is 10.8. The molecule has 2 aromatic rings. The van der Waals surface area contributed by atoms with Crippen molar-refractivity contribution in [3.8, 4) is 0 Å². The topological polar surface area (TPSA) is 34.2 Å². The van der Waals surface area contributed by atoms with E-state index < -0.39 is 0 Å². The Kier molecular flexibility index (Phi) is 3.72. The molecule has 1 unspecified atom stereocenters. The van der Waals surface area contributed by atoms with Crippen LogP contribution in [0.15, 0.2) is 36.5 Å². The first kappa shape index (κ1) is 13.5. The van der Waals surface area contributed by atoms with Gasteiger partial charge in [0.15, 0.2) is 0 Å². The van der Waals surface area contributed by atoms with Crippen molar-refractivity contribution in [3.63, 3.8) is 0 Å². The van der Waals surface area contributed by atoms with E-state index in [0.717, 1.165) is 24.8 Å². The molecule has 0 bridgehead atoms. The molecule has 1 N–H and O–H groups in total. The summed E-state index contributed by atoms with van der Waals surface area (Å²) in [5, 5.41) is 4.71. The van der Waals surface area contributed by atoms with Crippen LogP contribution in [0, 0.1) is 0 Å². The summed E-state index contributed by atoms with van der Waals surface area (Å²) >= 11 is 0. The number of methoxy groups -OCH3 is 1. The number of likely N-dealkylation sites (N-methyl/N-ethyl adjacent to an activating group) is 1. The fourth-order valence-electron chi connectivity index (χ4n) is 3.32. The predicted octanol–water partition coefficient (Wildman–Crippen LogP) is 2.93. The minimum atomic E-state index is 0.0130. The highest BCUT2D eigenvalue weighted by atomic mass is 16.5. The van der Waals surface area contributed by atoms with Gasteiger partial charge in [-0.25, -0.2) is 0 Å². The van der Waals surface area contributed by atoms with Crippen LogP contribution in [0.4, 0.5) is 0 Å². The summed E-state index contributed by atoms with van der Waals surface area (Å²) in [5.74, 6) is 0. The average molecular weight is 270 g/mol. The highest BCUT2D eigenvalue weighted by Crippen LogP contribution is 2.39. The molecule has 0 aliphatic heterocycles. The van der Waals surface area contributed by atoms with Gasteiger partial charge in [0.25, 0.3) is 0 Å². The first-order valence-electron chi connectivity index (χ1n) is 7.34. The zero-order chi connectivity index (χ0) is 14.0. The predicted molar refractivity (Wildman–Crippen MR) is 81.9 cm³/mol. The normalized spacial score (nSPS) is 18.7. The zero-order valence-electron chi connectivity index (χ0n) is 12.2. The summed E-state index contributed by atoms with van der Waals surface area (Å²) in [7, 11) is 3.88. The molecule has 1 saturated carbocycles. The second-order valence-electron chi connectivity index (χ2n) is 5.66. The van der Waals surface area contributed by atoms with E-state index in [1.165, 1.54) is 17.4 Å². The lowest BCUT2D eigenvalue weighted by Gasteiger charge is -2.46. The van der Waals surface area contributed by atoms with Gasteiger partial charge in [-0.05, 0) is 50.4 Å². The molecule has 0 amide bonds. The molecule has 20 heavy (non-hydrogen) atoms. The second-order valence-corrected chi connectivity index (χ2v) is 5.66. The fourth-order valence-corrected chi connectivity index (χ4v) is 3.32. The van der Waals surface area contributed by atoms with Crippen molar-refractivity contribution in [3.05, 3.63) is 42.1 Å². The Balaban J connectivity index is 1.91. The Bertz CT molecular complexity index is 582. The molecule has 3 rings (SSSR count). The molecule has 3 nitrogen and oxygen atoms in total. The fraction of sp³-hybridized carbons (Fsp3) is 0.471. The number of para-hydroxylation sites is 1. The van der Waals surface area contributed by atoms with Gasteiger partial charge in [-0.15, -0.1) is 0 Å². The van der Waals surface area contributed by atoms with E-state index in [0.29, 0.717) is 6.04 Å². The first-order valence-corrected chi connectivity index (χ1v) is 7.34. The second kappa shape index (κ2) is 5.51. The maximum atomic E-state index is 5.83. The van der Waals surface area contributed by atoms with Gasteiger partial charge in [0.1, 0.15) is 0 Å². The lowest BCUT2D eigenvalue weighted by Crippen LogP contribution is -2.56. The largest absolute Gasteiger partial charge is 0.377 e. The molecule has 0 radical (unpaired) electrons. The molecule has 106 valence electrons. The van der Waals surface area contributed by atoms with Crippen molar-refractivity contribution in [2.24, 2.45) is 0 Å². The maximum Gasteiger partial charge on any atom is 0.0834 e. The summed E-state index contributed by atoms with van der Waals surface area (Å²) in [4.78, 5) is 4.44. The van der Waals surface area contributed by atoms with Crippen molar-refractivity contribution in [1.82, 2.24) is 10.3 Å². The average Bonchev–Trinajstić information content (AvgIpc) is 2.45. The highest BCUT2D eigenvalue weighted by molar-refractivity contribution is 5.81. The zero-order valence-corrected chi connectivity index (χ0v) is 12.2. The van der Waals surface area contributed by atoms with E-state index >= 15 is 0 Å². The quantitative estimate of drug-likeness (QED) is 0.907. The third kappa shape index (κ3) is 2.21. The number of rotatable bonds is 5. The standard InChI is InChI=1S/C17H22N2O/c1-18-16(17(20-2)9-5-10-17)12-13-8-11-19-15-7-4-3-6-14(13)15/h3-4,6-8,11,16,18H,5,9-10,12H2,1-2H3. The molecule has 1 aliphatic rings. The smallest absolute Gasteiger partial charge is 0.0834 e. The number of nitrogens with one attached hydrogen (secondary N) is 1. The molecule has 3 heteroatoms. The van der Waals surface area contributed by atoms with Gasteiger partial charge in [-0.2, -0.15) is 0 Å². The first-order chi connectivity index (χ1) is 9.79. The van der Waals surface area contributed by atoms with Crippen LogP contribution in [0.5, 0.6) is 0 Å². The van der Waals surface area contributed by atoms with Gasteiger partial charge in [0.2, 0.25) is 0 Å². The van der Waals surface area contributed by atoms with Crippen LogP contribution >= 0.6 is 0 Å². The summed E-state index contributed by atoms with van der Waals surface area (Å²) in [5.41, 5.74) is 2.43. The number of pyridine rings is 1. The molecule has 0 saturated heterocycles. The molecule has 1 aliphatic carbocycles. The van der Waals surface area contributed by atoms with E-state index in [1.807, 2.05) is 26.4 Å². The van der Waals surface area contributed by atoms with Gasteiger partial charge < -0.3 is 10.1 Å². The van der Waals surface area contributed by atoms with Crippen LogP contribution in [-0.2, 0) is 11.2 Å². The summed E-state index contributed by atoms with van der Waals surface area (Å²) in [6.07, 6.45) is 6.46. The Hall–Kier alpha value is -1.45. The van der Waals surface area contributed by atoms with Crippen molar-refractivity contribution >= 4 is 10.9 Å². The van der Waals surface area contributed by atoms with Crippen LogP contribution in [0.2, 0.25) is 0 Å². The third-order valence-electron chi connectivity index (χ3n) is 4.75. The van der Waals surface area contributed by atoms with Gasteiger partial charge in [0.05, 0.1) is 11.1 Å². The molecule has 1 fully saturated rings. The monoisotopic (exact) mass is 270 g/mol. The van der Waals surface area contributed by atoms with Crippen LogP contribution < -0.4 is 5.32 Å². The van der Waals surface area contributed by atoms with E-state index in [9.17, 15) is 0 Å². The number of benzene rings is 1. The Morgan fingerprint density at radius 2 is 2.10 bits per heavy atom. The van der Waals surface area contributed by atoms with Crippen LogP contribution in [0.25, 0.3) is 10.9 Å². The van der Waals surface area contributed by atoms with Gasteiger partial charge in [-0.1, -0.05) is 18.2 Å². The van der Waals surface area contributed by atoms with E-state index in [2.05, 4.69) is 34.6 Å². The van der Waals surface area contributed by atoms with Crippen molar-refractivity contribution in [2.45, 2.75) is 37.3 Å². The SMILES string of the molecule is CNC(Cc1ccnc2ccccc12)C1(OC)CCC1. The lowest BCUT2D eigenvalue weighted by molar-refractivity contribution is -0.0966. The maximum absolute atomic E-state index is 5.83. The summed E-state index contributed by atoms with van der Waals surface area (Å²) < 4.78 is 5.83. The Labute approximate surface area is 120 Å². The number of aromatic nitrogens is 1. The molecular formula is C17H22N2O. The van der Waals surface area contributed by atoms with Crippen LogP contribution in [0.3, 0.4) is 0 Å². The van der Waals surface area contributed by atoms with Gasteiger partial charge in [-0.3, -0.25) is 4.98 Å². The number of hydrogen-bond donors (Lipinski definition) is 1. The van der Waals surface area contributed by atoms with Gasteiger partial charge in [0, 0.05) is 24.7 Å². The van der Waals surface area contributed by atoms with Crippen molar-refractivity contribution in [2.75, 3.05) is 14.2 Å². The van der Waals surface area contributed by atoms with E-state index in [1.54, 1.807) is 0 Å². The molecule has 1 atom stereocenters. The van der Waals surface area contributed by atoms with E-state index in [4.69, 9.17) is 4.74 Å². The molecule has 1 aromatic heterocycles. The molecule has 1 aromatic carbocycles. The molecule has 1 heterocycles. The van der Waals surface area contributed by atoms with Gasteiger partial charge >= 0.3 is 0 Å². The number of hydrogen-bond acceptors (Lipinski definition) is 3. The molecule has 0 spiro atoms. The minimum Gasteiger partial charge on any atom is -0.377 e.